The van der Waals surface area contributed by atoms with Gasteiger partial charge in [-0.3, -0.25) is 0 Å². The molecule has 0 aromatic rings. The average Bonchev–Trinajstić information content (AvgIpc) is 2.24. The van der Waals surface area contributed by atoms with Crippen molar-refractivity contribution in [3.05, 3.63) is 36.0 Å². The number of allylic oxidation sites excluding steroid dienone is 4. The van der Waals surface area contributed by atoms with E-state index in [1.54, 1.807) is 0 Å². The molecule has 0 saturated heterocycles. The van der Waals surface area contributed by atoms with Crippen molar-refractivity contribution in [3.63, 3.8) is 0 Å². The molecule has 0 bridgehead atoms. The highest BCUT2D eigenvalue weighted by Crippen LogP contribution is 2.30. The lowest BCUT2D eigenvalue weighted by molar-refractivity contribution is 0.585. The lowest BCUT2D eigenvalue weighted by Crippen LogP contribution is -2.07. The van der Waals surface area contributed by atoms with Crippen molar-refractivity contribution in [1.82, 2.24) is 0 Å². The Kier molecular flexibility index (Phi) is 7.12. The van der Waals surface area contributed by atoms with Gasteiger partial charge in [0.2, 0.25) is 0 Å². The van der Waals surface area contributed by atoms with Crippen molar-refractivity contribution < 1.29 is 0 Å². The lowest BCUT2D eigenvalue weighted by Gasteiger charge is -2.22. The Hall–Kier alpha value is -0.780. The molecule has 0 rings (SSSR count). The predicted octanol–water partition coefficient (Wildman–Crippen LogP) is 5.53. The average molecular weight is 220 g/mol. The van der Waals surface area contributed by atoms with Crippen LogP contribution in [0.4, 0.5) is 0 Å². The zero-order valence-corrected chi connectivity index (χ0v) is 11.8. The SMILES string of the molecule is C=CCCC(C)C(C(=C)C)=C(C)C(C)CC. The lowest BCUT2D eigenvalue weighted by atomic mass is 9.83. The molecule has 0 radical (unpaired) electrons. The van der Waals surface area contributed by atoms with E-state index in [0.717, 1.165) is 6.42 Å². The first-order chi connectivity index (χ1) is 7.45. The van der Waals surface area contributed by atoms with E-state index >= 15 is 0 Å². The van der Waals surface area contributed by atoms with Gasteiger partial charge in [-0.1, -0.05) is 44.6 Å². The van der Waals surface area contributed by atoms with E-state index in [4.69, 9.17) is 0 Å². The molecule has 2 unspecified atom stereocenters. The highest BCUT2D eigenvalue weighted by atomic mass is 14.2. The molecule has 0 aliphatic heterocycles. The maximum absolute atomic E-state index is 4.14. The molecule has 0 fully saturated rings. The van der Waals surface area contributed by atoms with E-state index in [-0.39, 0.29) is 0 Å². The summed E-state index contributed by atoms with van der Waals surface area (Å²) in [4.78, 5) is 0. The largest absolute Gasteiger partial charge is 0.103 e. The van der Waals surface area contributed by atoms with Crippen LogP contribution in [-0.2, 0) is 0 Å². The summed E-state index contributed by atoms with van der Waals surface area (Å²) in [6, 6.07) is 0. The molecule has 0 nitrogen and oxygen atoms in total. The van der Waals surface area contributed by atoms with Gasteiger partial charge in [-0.15, -0.1) is 6.58 Å². The predicted molar refractivity (Wildman–Crippen MR) is 75.6 cm³/mol. The summed E-state index contributed by atoms with van der Waals surface area (Å²) >= 11 is 0. The van der Waals surface area contributed by atoms with Crippen molar-refractivity contribution in [2.75, 3.05) is 0 Å². The van der Waals surface area contributed by atoms with Crippen LogP contribution in [0.5, 0.6) is 0 Å². The Labute approximate surface area is 102 Å². The minimum atomic E-state index is 0.601. The van der Waals surface area contributed by atoms with Gasteiger partial charge in [-0.05, 0) is 50.5 Å². The Morgan fingerprint density at radius 3 is 2.12 bits per heavy atom. The van der Waals surface area contributed by atoms with E-state index in [1.165, 1.54) is 29.6 Å². The minimum Gasteiger partial charge on any atom is -0.103 e. The van der Waals surface area contributed by atoms with Crippen LogP contribution >= 0.6 is 0 Å². The van der Waals surface area contributed by atoms with Crippen molar-refractivity contribution in [1.29, 1.82) is 0 Å². The molecule has 16 heavy (non-hydrogen) atoms. The molecular weight excluding hydrogens is 192 g/mol. The van der Waals surface area contributed by atoms with Crippen LogP contribution in [-0.4, -0.2) is 0 Å². The zero-order chi connectivity index (χ0) is 12.7. The third-order valence-electron chi connectivity index (χ3n) is 3.53. The number of hydrogen-bond acceptors (Lipinski definition) is 0. The molecule has 0 amide bonds. The molecule has 0 saturated carbocycles. The Bertz CT molecular complexity index is 268. The van der Waals surface area contributed by atoms with Gasteiger partial charge in [-0.25, -0.2) is 0 Å². The summed E-state index contributed by atoms with van der Waals surface area (Å²) in [5.41, 5.74) is 4.23. The fourth-order valence-corrected chi connectivity index (χ4v) is 2.23. The van der Waals surface area contributed by atoms with Gasteiger partial charge in [-0.2, -0.15) is 0 Å². The van der Waals surface area contributed by atoms with Gasteiger partial charge < -0.3 is 0 Å². The zero-order valence-electron chi connectivity index (χ0n) is 11.8. The third-order valence-corrected chi connectivity index (χ3v) is 3.53. The quantitative estimate of drug-likeness (QED) is 0.391. The summed E-state index contributed by atoms with van der Waals surface area (Å²) in [5.74, 6) is 1.27. The van der Waals surface area contributed by atoms with Gasteiger partial charge in [0.25, 0.3) is 0 Å². The number of hydrogen-bond donors (Lipinski definition) is 0. The monoisotopic (exact) mass is 220 g/mol. The smallest absolute Gasteiger partial charge is 0.0185 e. The van der Waals surface area contributed by atoms with Crippen LogP contribution in [0, 0.1) is 11.8 Å². The van der Waals surface area contributed by atoms with Crippen LogP contribution in [0.15, 0.2) is 36.0 Å². The summed E-state index contributed by atoms with van der Waals surface area (Å²) < 4.78 is 0. The van der Waals surface area contributed by atoms with Crippen LogP contribution in [0.2, 0.25) is 0 Å². The second-order valence-corrected chi connectivity index (χ2v) is 4.95. The van der Waals surface area contributed by atoms with Crippen molar-refractivity contribution in [3.8, 4) is 0 Å². The fourth-order valence-electron chi connectivity index (χ4n) is 2.23. The molecule has 0 aliphatic rings. The standard InChI is InChI=1S/C16H28/c1-8-10-11-14(6)16(12(3)4)15(7)13(5)9-2/h8,13-14H,1,3,9-11H2,2,4-7H3. The second kappa shape index (κ2) is 7.49. The van der Waals surface area contributed by atoms with Gasteiger partial charge in [0.15, 0.2) is 0 Å². The van der Waals surface area contributed by atoms with E-state index in [2.05, 4.69) is 47.8 Å². The van der Waals surface area contributed by atoms with Crippen molar-refractivity contribution >= 4 is 0 Å². The Morgan fingerprint density at radius 1 is 1.19 bits per heavy atom. The second-order valence-electron chi connectivity index (χ2n) is 4.95. The molecule has 0 aromatic heterocycles. The molecule has 0 aliphatic carbocycles. The minimum absolute atomic E-state index is 0.601. The highest BCUT2D eigenvalue weighted by Gasteiger charge is 2.15. The maximum atomic E-state index is 4.14. The first-order valence-corrected chi connectivity index (χ1v) is 6.43. The topological polar surface area (TPSA) is 0 Å². The summed E-state index contributed by atoms with van der Waals surface area (Å²) in [6.45, 7) is 19.2. The summed E-state index contributed by atoms with van der Waals surface area (Å²) in [6.07, 6.45) is 5.48. The fraction of sp³-hybridized carbons (Fsp3) is 0.625. The molecular formula is C16H28. The molecule has 0 spiro atoms. The van der Waals surface area contributed by atoms with Crippen LogP contribution in [0.1, 0.15) is 53.9 Å². The van der Waals surface area contributed by atoms with Crippen molar-refractivity contribution in [2.45, 2.75) is 53.9 Å². The molecule has 92 valence electrons. The Balaban J connectivity index is 4.97. The van der Waals surface area contributed by atoms with Crippen molar-refractivity contribution in [2.24, 2.45) is 11.8 Å². The Morgan fingerprint density at radius 2 is 1.75 bits per heavy atom. The molecule has 0 aromatic carbocycles. The van der Waals surface area contributed by atoms with Crippen LogP contribution < -0.4 is 0 Å². The van der Waals surface area contributed by atoms with E-state index in [0.29, 0.717) is 11.8 Å². The van der Waals surface area contributed by atoms with E-state index in [9.17, 15) is 0 Å². The molecule has 0 N–H and O–H groups in total. The molecule has 2 atom stereocenters. The van der Waals surface area contributed by atoms with Gasteiger partial charge in [0, 0.05) is 0 Å². The third kappa shape index (κ3) is 4.38. The normalized spacial score (nSPS) is 16.3. The number of rotatable bonds is 7. The molecule has 0 heteroatoms. The summed E-state index contributed by atoms with van der Waals surface area (Å²) in [5, 5.41) is 0. The summed E-state index contributed by atoms with van der Waals surface area (Å²) in [7, 11) is 0. The first-order valence-electron chi connectivity index (χ1n) is 6.43. The van der Waals surface area contributed by atoms with E-state index < -0.39 is 0 Å². The van der Waals surface area contributed by atoms with Gasteiger partial charge >= 0.3 is 0 Å². The molecule has 0 heterocycles. The van der Waals surface area contributed by atoms with Gasteiger partial charge in [0.05, 0.1) is 0 Å². The van der Waals surface area contributed by atoms with E-state index in [1.807, 2.05) is 6.08 Å². The van der Waals surface area contributed by atoms with Gasteiger partial charge in [0.1, 0.15) is 0 Å². The highest BCUT2D eigenvalue weighted by molar-refractivity contribution is 5.34. The maximum Gasteiger partial charge on any atom is -0.0185 e. The van der Waals surface area contributed by atoms with Crippen LogP contribution in [0.25, 0.3) is 0 Å². The van der Waals surface area contributed by atoms with Crippen LogP contribution in [0.3, 0.4) is 0 Å². The first kappa shape index (κ1) is 15.2.